The van der Waals surface area contributed by atoms with Crippen LogP contribution < -0.4 is 0 Å². The Bertz CT molecular complexity index is 486. The summed E-state index contributed by atoms with van der Waals surface area (Å²) in [5, 5.41) is 37.9. The zero-order chi connectivity index (χ0) is 14.2. The lowest BCUT2D eigenvalue weighted by Crippen LogP contribution is -2.49. The van der Waals surface area contributed by atoms with E-state index in [1.54, 1.807) is 13.0 Å². The highest BCUT2D eigenvalue weighted by molar-refractivity contribution is 5.87. The predicted molar refractivity (Wildman–Crippen MR) is 64.9 cm³/mol. The van der Waals surface area contributed by atoms with Crippen LogP contribution in [0.15, 0.2) is 18.2 Å². The molecule has 6 heteroatoms. The SMILES string of the molecule is Cc1ccc(C(=O)O)cc1[C@@H]1OC[C@@H](O)[C@H](O)[C@H]1O. The summed E-state index contributed by atoms with van der Waals surface area (Å²) in [4.78, 5) is 11.0. The molecule has 1 aliphatic rings. The molecule has 1 heterocycles. The van der Waals surface area contributed by atoms with Crippen molar-refractivity contribution in [3.63, 3.8) is 0 Å². The van der Waals surface area contributed by atoms with Crippen molar-refractivity contribution in [3.8, 4) is 0 Å². The number of aromatic carboxylic acids is 1. The molecule has 0 radical (unpaired) electrons. The lowest BCUT2D eigenvalue weighted by atomic mass is 9.91. The molecule has 6 nitrogen and oxygen atoms in total. The minimum atomic E-state index is -1.31. The number of hydrogen-bond donors (Lipinski definition) is 4. The van der Waals surface area contributed by atoms with Gasteiger partial charge in [-0.2, -0.15) is 0 Å². The Morgan fingerprint density at radius 3 is 2.58 bits per heavy atom. The Kier molecular flexibility index (Phi) is 3.86. The summed E-state index contributed by atoms with van der Waals surface area (Å²) in [6.07, 6.45) is -4.61. The van der Waals surface area contributed by atoms with Crippen LogP contribution in [-0.2, 0) is 4.74 Å². The maximum Gasteiger partial charge on any atom is 0.335 e. The molecule has 0 aromatic heterocycles. The van der Waals surface area contributed by atoms with E-state index in [-0.39, 0.29) is 12.2 Å². The molecular weight excluding hydrogens is 252 g/mol. The van der Waals surface area contributed by atoms with E-state index in [4.69, 9.17) is 9.84 Å². The first kappa shape index (κ1) is 14.0. The highest BCUT2D eigenvalue weighted by Gasteiger charge is 2.38. The van der Waals surface area contributed by atoms with Crippen LogP contribution in [0.5, 0.6) is 0 Å². The van der Waals surface area contributed by atoms with Crippen molar-refractivity contribution in [2.45, 2.75) is 31.3 Å². The molecule has 0 aliphatic carbocycles. The van der Waals surface area contributed by atoms with Crippen molar-refractivity contribution in [2.75, 3.05) is 6.61 Å². The third-order valence-corrected chi connectivity index (χ3v) is 3.33. The standard InChI is InChI=1S/C13H16O6/c1-6-2-3-7(13(17)18)4-8(6)12-11(16)10(15)9(14)5-19-12/h2-4,9-12,14-16H,5H2,1H3,(H,17,18)/t9-,10+,11-,12+/m1/s1. The number of rotatable bonds is 2. The summed E-state index contributed by atoms with van der Waals surface area (Å²) < 4.78 is 5.32. The van der Waals surface area contributed by atoms with Gasteiger partial charge >= 0.3 is 5.97 Å². The molecule has 1 aliphatic heterocycles. The molecule has 1 aromatic carbocycles. The molecular formula is C13H16O6. The monoisotopic (exact) mass is 268 g/mol. The van der Waals surface area contributed by atoms with Crippen molar-refractivity contribution >= 4 is 5.97 Å². The van der Waals surface area contributed by atoms with Crippen LogP contribution in [0.2, 0.25) is 0 Å². The second-order valence-electron chi connectivity index (χ2n) is 4.68. The Morgan fingerprint density at radius 1 is 1.26 bits per heavy atom. The summed E-state index contributed by atoms with van der Waals surface area (Å²) in [5.74, 6) is -1.08. The molecule has 2 rings (SSSR count). The lowest BCUT2D eigenvalue weighted by Gasteiger charge is -2.36. The smallest absolute Gasteiger partial charge is 0.335 e. The van der Waals surface area contributed by atoms with E-state index >= 15 is 0 Å². The van der Waals surface area contributed by atoms with Crippen LogP contribution in [0.1, 0.15) is 27.6 Å². The fourth-order valence-electron chi connectivity index (χ4n) is 2.16. The zero-order valence-corrected chi connectivity index (χ0v) is 10.4. The number of carboxylic acids is 1. The molecule has 4 atom stereocenters. The third-order valence-electron chi connectivity index (χ3n) is 3.33. The molecule has 0 saturated carbocycles. The van der Waals surface area contributed by atoms with Gasteiger partial charge in [0.1, 0.15) is 24.4 Å². The summed E-state index contributed by atoms with van der Waals surface area (Å²) in [6, 6.07) is 4.49. The minimum Gasteiger partial charge on any atom is -0.478 e. The molecule has 0 amide bonds. The number of carbonyl (C=O) groups is 1. The van der Waals surface area contributed by atoms with Crippen molar-refractivity contribution in [1.82, 2.24) is 0 Å². The van der Waals surface area contributed by atoms with Gasteiger partial charge in [-0.3, -0.25) is 0 Å². The summed E-state index contributed by atoms with van der Waals surface area (Å²) in [7, 11) is 0. The van der Waals surface area contributed by atoms with Gasteiger partial charge in [-0.25, -0.2) is 4.79 Å². The van der Waals surface area contributed by atoms with E-state index in [0.29, 0.717) is 5.56 Å². The average molecular weight is 268 g/mol. The van der Waals surface area contributed by atoms with Gasteiger partial charge in [0.15, 0.2) is 0 Å². The van der Waals surface area contributed by atoms with Crippen molar-refractivity contribution in [3.05, 3.63) is 34.9 Å². The Labute approximate surface area is 109 Å². The molecule has 0 unspecified atom stereocenters. The van der Waals surface area contributed by atoms with Crippen molar-refractivity contribution in [2.24, 2.45) is 0 Å². The van der Waals surface area contributed by atoms with E-state index in [1.807, 2.05) is 0 Å². The fraction of sp³-hybridized carbons (Fsp3) is 0.462. The molecule has 1 fully saturated rings. The quantitative estimate of drug-likeness (QED) is 0.594. The van der Waals surface area contributed by atoms with Gasteiger partial charge in [-0.05, 0) is 30.2 Å². The third kappa shape index (κ3) is 2.62. The summed E-state index contributed by atoms with van der Waals surface area (Å²) in [5.41, 5.74) is 1.33. The molecule has 19 heavy (non-hydrogen) atoms. The number of aliphatic hydroxyl groups excluding tert-OH is 3. The van der Waals surface area contributed by atoms with Crippen LogP contribution in [-0.4, -0.2) is 51.3 Å². The van der Waals surface area contributed by atoms with Crippen LogP contribution in [0.3, 0.4) is 0 Å². The maximum absolute atomic E-state index is 11.0. The first-order valence-corrected chi connectivity index (χ1v) is 5.91. The molecule has 1 aromatic rings. The van der Waals surface area contributed by atoms with Gasteiger partial charge in [0.2, 0.25) is 0 Å². The second-order valence-corrected chi connectivity index (χ2v) is 4.68. The van der Waals surface area contributed by atoms with E-state index in [1.165, 1.54) is 12.1 Å². The number of carboxylic acid groups (broad SMARTS) is 1. The van der Waals surface area contributed by atoms with Crippen LogP contribution in [0, 0.1) is 6.92 Å². The summed E-state index contributed by atoms with van der Waals surface area (Å²) >= 11 is 0. The highest BCUT2D eigenvalue weighted by Crippen LogP contribution is 2.31. The van der Waals surface area contributed by atoms with Gasteiger partial charge in [0.25, 0.3) is 0 Å². The fourth-order valence-corrected chi connectivity index (χ4v) is 2.16. The molecule has 0 spiro atoms. The largest absolute Gasteiger partial charge is 0.478 e. The van der Waals surface area contributed by atoms with Gasteiger partial charge in [0, 0.05) is 0 Å². The molecule has 104 valence electrons. The second kappa shape index (κ2) is 5.26. The van der Waals surface area contributed by atoms with Crippen LogP contribution in [0.4, 0.5) is 0 Å². The maximum atomic E-state index is 11.0. The van der Waals surface area contributed by atoms with E-state index in [0.717, 1.165) is 5.56 Å². The highest BCUT2D eigenvalue weighted by atomic mass is 16.5. The van der Waals surface area contributed by atoms with E-state index in [2.05, 4.69) is 0 Å². The zero-order valence-electron chi connectivity index (χ0n) is 10.4. The van der Waals surface area contributed by atoms with Gasteiger partial charge in [-0.15, -0.1) is 0 Å². The first-order valence-electron chi connectivity index (χ1n) is 5.91. The Balaban J connectivity index is 2.35. The summed E-state index contributed by atoms with van der Waals surface area (Å²) in [6.45, 7) is 1.65. The first-order chi connectivity index (χ1) is 8.91. The number of benzene rings is 1. The normalized spacial score (nSPS) is 31.2. The van der Waals surface area contributed by atoms with Crippen molar-refractivity contribution < 1.29 is 30.0 Å². The van der Waals surface area contributed by atoms with Crippen LogP contribution in [0.25, 0.3) is 0 Å². The van der Waals surface area contributed by atoms with E-state index in [9.17, 15) is 20.1 Å². The minimum absolute atomic E-state index is 0.0806. The van der Waals surface area contributed by atoms with Gasteiger partial charge in [0.05, 0.1) is 12.2 Å². The Hall–Kier alpha value is -1.47. The number of aryl methyl sites for hydroxylation is 1. The van der Waals surface area contributed by atoms with Gasteiger partial charge < -0.3 is 25.2 Å². The lowest BCUT2D eigenvalue weighted by molar-refractivity contribution is -0.189. The average Bonchev–Trinajstić information content (AvgIpc) is 2.37. The number of hydrogen-bond acceptors (Lipinski definition) is 5. The Morgan fingerprint density at radius 2 is 1.95 bits per heavy atom. The van der Waals surface area contributed by atoms with E-state index < -0.39 is 30.4 Å². The number of ether oxygens (including phenoxy) is 1. The topological polar surface area (TPSA) is 107 Å². The number of aliphatic hydroxyl groups is 3. The molecule has 1 saturated heterocycles. The molecule has 4 N–H and O–H groups in total. The van der Waals surface area contributed by atoms with Gasteiger partial charge in [-0.1, -0.05) is 6.07 Å². The van der Waals surface area contributed by atoms with Crippen molar-refractivity contribution in [1.29, 1.82) is 0 Å². The molecule has 0 bridgehead atoms. The van der Waals surface area contributed by atoms with Crippen LogP contribution >= 0.6 is 0 Å². The predicted octanol–water partition coefficient (Wildman–Crippen LogP) is -0.153.